The second-order valence-electron chi connectivity index (χ2n) is 4.26. The molecule has 1 atom stereocenters. The fourth-order valence-electron chi connectivity index (χ4n) is 1.75. The van der Waals surface area contributed by atoms with Gasteiger partial charge in [-0.1, -0.05) is 12.1 Å². The van der Waals surface area contributed by atoms with Gasteiger partial charge >= 0.3 is 0 Å². The maximum Gasteiger partial charge on any atom is 0.272 e. The Morgan fingerprint density at radius 3 is 2.89 bits per heavy atom. The van der Waals surface area contributed by atoms with E-state index in [1.54, 1.807) is 13.0 Å². The number of hydrogen-bond acceptors (Lipinski definition) is 5. The first-order valence-electron chi connectivity index (χ1n) is 6.25. The molecular weight excluding hydrogens is 248 g/mol. The van der Waals surface area contributed by atoms with Crippen LogP contribution in [0.3, 0.4) is 0 Å². The van der Waals surface area contributed by atoms with Crippen molar-refractivity contribution in [3.8, 4) is 0 Å². The molecule has 6 nitrogen and oxygen atoms in total. The number of rotatable bonds is 8. The molecule has 0 aliphatic rings. The first-order valence-corrected chi connectivity index (χ1v) is 6.25. The Kier molecular flexibility index (Phi) is 6.41. The summed E-state index contributed by atoms with van der Waals surface area (Å²) < 4.78 is 5.09. The zero-order chi connectivity index (χ0) is 14.3. The second kappa shape index (κ2) is 7.83. The van der Waals surface area contributed by atoms with Crippen molar-refractivity contribution in [2.75, 3.05) is 19.8 Å². The quantitative estimate of drug-likeness (QED) is 0.550. The predicted molar refractivity (Wildman–Crippen MR) is 72.0 cm³/mol. The van der Waals surface area contributed by atoms with E-state index in [-0.39, 0.29) is 17.2 Å². The fraction of sp³-hybridized carbons (Fsp3) is 0.538. The van der Waals surface area contributed by atoms with Gasteiger partial charge in [0.15, 0.2) is 0 Å². The lowest BCUT2D eigenvalue weighted by Crippen LogP contribution is -2.30. The maximum atomic E-state index is 10.8. The minimum absolute atomic E-state index is 0.120. The topological polar surface area (TPSA) is 84.6 Å². The summed E-state index contributed by atoms with van der Waals surface area (Å²) in [6, 6.07) is 4.99. The third-order valence-electron chi connectivity index (χ3n) is 2.82. The maximum absolute atomic E-state index is 10.8. The summed E-state index contributed by atoms with van der Waals surface area (Å²) in [6.07, 6.45) is -0.570. The van der Waals surface area contributed by atoms with Crippen molar-refractivity contribution < 1.29 is 14.8 Å². The van der Waals surface area contributed by atoms with Crippen molar-refractivity contribution in [3.05, 3.63) is 39.4 Å². The molecular formula is C13H20N2O4. The molecule has 0 aromatic heterocycles. The summed E-state index contributed by atoms with van der Waals surface area (Å²) in [7, 11) is 0. The van der Waals surface area contributed by atoms with Crippen LogP contribution in [0.2, 0.25) is 0 Å². The molecule has 0 aliphatic carbocycles. The molecule has 1 unspecified atom stereocenters. The molecule has 0 saturated heterocycles. The van der Waals surface area contributed by atoms with Gasteiger partial charge in [-0.3, -0.25) is 10.1 Å². The number of nitro benzene ring substituents is 1. The summed E-state index contributed by atoms with van der Waals surface area (Å²) >= 11 is 0. The van der Waals surface area contributed by atoms with Gasteiger partial charge < -0.3 is 15.2 Å². The van der Waals surface area contributed by atoms with Crippen molar-refractivity contribution in [1.82, 2.24) is 5.32 Å². The number of nitro groups is 1. The SMILES string of the molecule is CCOCC(O)CNCc1cccc([N+](=O)[O-])c1C. The van der Waals surface area contributed by atoms with Crippen LogP contribution in [0.5, 0.6) is 0 Å². The van der Waals surface area contributed by atoms with E-state index in [0.717, 1.165) is 5.56 Å². The third kappa shape index (κ3) is 4.94. The second-order valence-corrected chi connectivity index (χ2v) is 4.26. The van der Waals surface area contributed by atoms with Crippen LogP contribution in [0.1, 0.15) is 18.1 Å². The highest BCUT2D eigenvalue weighted by Crippen LogP contribution is 2.20. The molecule has 0 radical (unpaired) electrons. The number of ether oxygens (including phenoxy) is 1. The summed E-state index contributed by atoms with van der Waals surface area (Å²) in [5.41, 5.74) is 1.63. The van der Waals surface area contributed by atoms with Crippen LogP contribution in [-0.2, 0) is 11.3 Å². The zero-order valence-corrected chi connectivity index (χ0v) is 11.3. The van der Waals surface area contributed by atoms with E-state index in [4.69, 9.17) is 4.74 Å². The smallest absolute Gasteiger partial charge is 0.272 e. The molecule has 0 heterocycles. The first kappa shape index (κ1) is 15.6. The lowest BCUT2D eigenvalue weighted by Gasteiger charge is -2.12. The average molecular weight is 268 g/mol. The Balaban J connectivity index is 2.50. The van der Waals surface area contributed by atoms with Crippen molar-refractivity contribution in [2.24, 2.45) is 0 Å². The third-order valence-corrected chi connectivity index (χ3v) is 2.82. The van der Waals surface area contributed by atoms with Gasteiger partial charge in [-0.15, -0.1) is 0 Å². The van der Waals surface area contributed by atoms with Crippen molar-refractivity contribution >= 4 is 5.69 Å². The van der Waals surface area contributed by atoms with Gasteiger partial charge in [0.25, 0.3) is 5.69 Å². The standard InChI is InChI=1S/C13H20N2O4/c1-3-19-9-12(16)8-14-7-11-5-4-6-13(10(11)2)15(17)18/h4-6,12,14,16H,3,7-9H2,1-2H3. The summed E-state index contributed by atoms with van der Waals surface area (Å²) in [5, 5.41) is 23.4. The highest BCUT2D eigenvalue weighted by molar-refractivity contribution is 5.44. The number of hydrogen-bond donors (Lipinski definition) is 2. The number of nitrogens with one attached hydrogen (secondary N) is 1. The Morgan fingerprint density at radius 2 is 2.26 bits per heavy atom. The van der Waals surface area contributed by atoms with E-state index in [9.17, 15) is 15.2 Å². The molecule has 0 saturated carbocycles. The van der Waals surface area contributed by atoms with Gasteiger partial charge in [-0.25, -0.2) is 0 Å². The Labute approximate surface area is 112 Å². The molecule has 1 rings (SSSR count). The van der Waals surface area contributed by atoms with E-state index in [1.165, 1.54) is 6.07 Å². The molecule has 19 heavy (non-hydrogen) atoms. The van der Waals surface area contributed by atoms with Gasteiger partial charge in [0.1, 0.15) is 0 Å². The van der Waals surface area contributed by atoms with Crippen LogP contribution in [0.25, 0.3) is 0 Å². The van der Waals surface area contributed by atoms with Crippen molar-refractivity contribution in [1.29, 1.82) is 0 Å². The summed E-state index contributed by atoms with van der Waals surface area (Å²) in [4.78, 5) is 10.4. The lowest BCUT2D eigenvalue weighted by atomic mass is 10.1. The Morgan fingerprint density at radius 1 is 1.53 bits per heavy atom. The zero-order valence-electron chi connectivity index (χ0n) is 11.3. The molecule has 106 valence electrons. The summed E-state index contributed by atoms with van der Waals surface area (Å²) in [5.74, 6) is 0. The van der Waals surface area contributed by atoms with E-state index in [1.807, 2.05) is 13.0 Å². The Bertz CT molecular complexity index is 423. The van der Waals surface area contributed by atoms with Gasteiger partial charge in [0.2, 0.25) is 0 Å². The molecule has 0 bridgehead atoms. The van der Waals surface area contributed by atoms with E-state index in [0.29, 0.717) is 25.3 Å². The van der Waals surface area contributed by atoms with Crippen molar-refractivity contribution in [2.45, 2.75) is 26.5 Å². The molecule has 0 amide bonds. The lowest BCUT2D eigenvalue weighted by molar-refractivity contribution is -0.385. The largest absolute Gasteiger partial charge is 0.389 e. The highest BCUT2D eigenvalue weighted by Gasteiger charge is 2.13. The van der Waals surface area contributed by atoms with Crippen LogP contribution >= 0.6 is 0 Å². The van der Waals surface area contributed by atoms with Gasteiger partial charge in [0.05, 0.1) is 17.6 Å². The molecule has 6 heteroatoms. The van der Waals surface area contributed by atoms with E-state index < -0.39 is 6.10 Å². The van der Waals surface area contributed by atoms with E-state index in [2.05, 4.69) is 5.32 Å². The van der Waals surface area contributed by atoms with E-state index >= 15 is 0 Å². The van der Waals surface area contributed by atoms with Crippen molar-refractivity contribution in [3.63, 3.8) is 0 Å². The number of aliphatic hydroxyl groups excluding tert-OH is 1. The molecule has 0 aliphatic heterocycles. The molecule has 0 spiro atoms. The minimum Gasteiger partial charge on any atom is -0.389 e. The van der Waals surface area contributed by atoms with Crippen LogP contribution in [0.15, 0.2) is 18.2 Å². The van der Waals surface area contributed by atoms with Gasteiger partial charge in [-0.2, -0.15) is 0 Å². The number of aliphatic hydroxyl groups is 1. The van der Waals surface area contributed by atoms with Crippen LogP contribution in [0, 0.1) is 17.0 Å². The number of nitrogens with zero attached hydrogens (tertiary/aromatic N) is 1. The van der Waals surface area contributed by atoms with Crippen LogP contribution in [-0.4, -0.2) is 35.9 Å². The van der Waals surface area contributed by atoms with Crippen LogP contribution < -0.4 is 5.32 Å². The number of benzene rings is 1. The predicted octanol–water partition coefficient (Wildman–Crippen LogP) is 1.39. The first-order chi connectivity index (χ1) is 9.06. The van der Waals surface area contributed by atoms with Gasteiger partial charge in [0, 0.05) is 31.3 Å². The molecule has 2 N–H and O–H groups in total. The Hall–Kier alpha value is -1.50. The monoisotopic (exact) mass is 268 g/mol. The summed E-state index contributed by atoms with van der Waals surface area (Å²) in [6.45, 7) is 5.33. The average Bonchev–Trinajstić information content (AvgIpc) is 2.38. The molecule has 1 aromatic rings. The fourth-order valence-corrected chi connectivity index (χ4v) is 1.75. The van der Waals surface area contributed by atoms with Gasteiger partial charge in [-0.05, 0) is 19.4 Å². The molecule has 0 fully saturated rings. The van der Waals surface area contributed by atoms with Crippen LogP contribution in [0.4, 0.5) is 5.69 Å². The highest BCUT2D eigenvalue weighted by atomic mass is 16.6. The normalized spacial score (nSPS) is 12.4. The minimum atomic E-state index is -0.570. The molecule has 1 aromatic carbocycles.